The van der Waals surface area contributed by atoms with Gasteiger partial charge in [0.15, 0.2) is 11.1 Å². The largest absolute Gasteiger partial charge is 0.504 e. The van der Waals surface area contributed by atoms with E-state index in [1.54, 1.807) is 25.1 Å². The summed E-state index contributed by atoms with van der Waals surface area (Å²) in [5.74, 6) is -0.00354. The van der Waals surface area contributed by atoms with Crippen LogP contribution in [-0.4, -0.2) is 14.8 Å². The van der Waals surface area contributed by atoms with Crippen LogP contribution in [0.3, 0.4) is 0 Å². The third kappa shape index (κ3) is 4.22. The fourth-order valence-electron chi connectivity index (χ4n) is 3.69. The van der Waals surface area contributed by atoms with Crippen LogP contribution in [0.4, 0.5) is 18.9 Å². The molecule has 34 heavy (non-hydrogen) atoms. The molecule has 1 N–H and O–H groups in total. The number of halogens is 4. The fraction of sp³-hybridized carbons (Fsp3) is 0.217. The molecule has 0 fully saturated rings. The predicted octanol–water partition coefficient (Wildman–Crippen LogP) is 5.84. The number of rotatable bonds is 4. The molecule has 0 radical (unpaired) electrons. The average molecular weight is 488 g/mol. The summed E-state index contributed by atoms with van der Waals surface area (Å²) in [5.41, 5.74) is 1.93. The van der Waals surface area contributed by atoms with Crippen molar-refractivity contribution >= 4 is 28.3 Å². The molecule has 4 aromatic rings. The zero-order valence-electron chi connectivity index (χ0n) is 18.2. The van der Waals surface area contributed by atoms with Crippen LogP contribution in [-0.2, 0) is 6.30 Å². The number of anilines is 1. The number of aromatic nitrogens is 3. The summed E-state index contributed by atoms with van der Waals surface area (Å²) in [4.78, 5) is 17.1. The van der Waals surface area contributed by atoms with E-state index in [1.807, 2.05) is 13.0 Å². The molecule has 0 spiro atoms. The normalized spacial score (nSPS) is 12.5. The van der Waals surface area contributed by atoms with Gasteiger partial charge in [-0.05, 0) is 44.5 Å². The van der Waals surface area contributed by atoms with Gasteiger partial charge < -0.3 is 9.73 Å². The molecule has 174 valence electrons. The molecule has 0 saturated carbocycles. The summed E-state index contributed by atoms with van der Waals surface area (Å²) in [6.07, 6.45) is -2.93. The Kier molecular flexibility index (Phi) is 5.83. The van der Waals surface area contributed by atoms with E-state index in [4.69, 9.17) is 16.0 Å². The summed E-state index contributed by atoms with van der Waals surface area (Å²) < 4.78 is 45.0. The highest BCUT2D eigenvalue weighted by Crippen LogP contribution is 2.33. The van der Waals surface area contributed by atoms with Gasteiger partial charge in [0.2, 0.25) is 0 Å². The molecular weight excluding hydrogens is 471 g/mol. The number of hydrogen-bond acceptors (Lipinski definition) is 6. The Morgan fingerprint density at radius 3 is 2.65 bits per heavy atom. The second kappa shape index (κ2) is 8.50. The Morgan fingerprint density at radius 1 is 1.26 bits per heavy atom. The Hall–Kier alpha value is -3.84. The molecule has 3 aromatic heterocycles. The minimum atomic E-state index is -4.70. The van der Waals surface area contributed by atoms with Gasteiger partial charge in [-0.15, -0.1) is 13.2 Å². The molecule has 1 aromatic carbocycles. The van der Waals surface area contributed by atoms with E-state index in [0.717, 1.165) is 18.0 Å². The molecule has 3 heterocycles. The van der Waals surface area contributed by atoms with E-state index in [9.17, 15) is 23.2 Å². The Bertz CT molecular complexity index is 1520. The van der Waals surface area contributed by atoms with E-state index in [-0.39, 0.29) is 43.4 Å². The molecule has 0 amide bonds. The lowest BCUT2D eigenvalue weighted by molar-refractivity contribution is -0.212. The van der Waals surface area contributed by atoms with Crippen LogP contribution in [0, 0.1) is 25.2 Å². The summed E-state index contributed by atoms with van der Waals surface area (Å²) in [6.45, 7) is 5.11. The van der Waals surface area contributed by atoms with Gasteiger partial charge in [-0.2, -0.15) is 15.0 Å². The van der Waals surface area contributed by atoms with Crippen molar-refractivity contribution in [3.63, 3.8) is 0 Å². The highest BCUT2D eigenvalue weighted by molar-refractivity contribution is 6.29. The molecule has 0 aliphatic carbocycles. The zero-order valence-corrected chi connectivity index (χ0v) is 18.9. The van der Waals surface area contributed by atoms with E-state index >= 15 is 0 Å². The second-order valence-corrected chi connectivity index (χ2v) is 8.15. The van der Waals surface area contributed by atoms with Crippen molar-refractivity contribution in [1.29, 1.82) is 5.26 Å². The highest BCUT2D eigenvalue weighted by Gasteiger charge is 2.32. The topological polar surface area (TPSA) is 96.7 Å². The van der Waals surface area contributed by atoms with Crippen molar-refractivity contribution in [3.8, 4) is 17.4 Å². The van der Waals surface area contributed by atoms with Crippen LogP contribution in [0.25, 0.3) is 22.3 Å². The number of nitriles is 1. The Morgan fingerprint density at radius 2 is 2.00 bits per heavy atom. The quantitative estimate of drug-likeness (QED) is 0.363. The first-order chi connectivity index (χ1) is 16.0. The minimum Gasteiger partial charge on any atom is -0.455 e. The number of nitrogens with one attached hydrogen (secondary N) is 1. The SMILES string of the molecule is Cc1cc(C(C)Nc2ccc(Cl)nc2C#N)c2oc(-c3cnn(C(F)(F)F)c3)c(C)c(=O)c2c1. The maximum absolute atomic E-state index is 13.2. The molecule has 0 bridgehead atoms. The molecule has 0 aliphatic rings. The van der Waals surface area contributed by atoms with Crippen molar-refractivity contribution in [2.24, 2.45) is 0 Å². The van der Waals surface area contributed by atoms with Gasteiger partial charge in [-0.1, -0.05) is 17.7 Å². The lowest BCUT2D eigenvalue weighted by atomic mass is 9.99. The first-order valence-corrected chi connectivity index (χ1v) is 10.4. The molecule has 11 heteroatoms. The van der Waals surface area contributed by atoms with Gasteiger partial charge in [0.25, 0.3) is 0 Å². The summed E-state index contributed by atoms with van der Waals surface area (Å²) in [5, 5.41) is 16.3. The summed E-state index contributed by atoms with van der Waals surface area (Å²) in [6, 6.07) is 8.12. The summed E-state index contributed by atoms with van der Waals surface area (Å²) >= 11 is 5.87. The lowest BCUT2D eigenvalue weighted by Gasteiger charge is -2.19. The molecular formula is C23H17ClF3N5O2. The standard InChI is InChI=1S/C23H17ClF3N5O2/c1-11-6-15(13(3)30-17-4-5-19(24)31-18(17)8-28)22-16(7-11)20(33)12(2)21(34-22)14-9-29-32(10-14)23(25,26)27/h4-7,9-10,13,30H,1-3H3. The van der Waals surface area contributed by atoms with Gasteiger partial charge in [-0.3, -0.25) is 4.79 Å². The van der Waals surface area contributed by atoms with E-state index in [0.29, 0.717) is 16.6 Å². The van der Waals surface area contributed by atoms with Gasteiger partial charge >= 0.3 is 6.30 Å². The molecule has 7 nitrogen and oxygen atoms in total. The number of alkyl halides is 3. The fourth-order valence-corrected chi connectivity index (χ4v) is 3.84. The maximum Gasteiger partial charge on any atom is 0.504 e. The lowest BCUT2D eigenvalue weighted by Crippen LogP contribution is -2.16. The zero-order chi connectivity index (χ0) is 24.8. The van der Waals surface area contributed by atoms with Crippen LogP contribution in [0.15, 0.2) is 45.9 Å². The van der Waals surface area contributed by atoms with Crippen molar-refractivity contribution in [1.82, 2.24) is 14.8 Å². The van der Waals surface area contributed by atoms with Crippen molar-refractivity contribution in [2.45, 2.75) is 33.1 Å². The van der Waals surface area contributed by atoms with Gasteiger partial charge in [0, 0.05) is 17.3 Å². The first-order valence-electron chi connectivity index (χ1n) is 10.0. The van der Waals surface area contributed by atoms with Crippen molar-refractivity contribution in [2.75, 3.05) is 5.32 Å². The number of nitrogens with zero attached hydrogens (tertiary/aromatic N) is 4. The molecule has 1 atom stereocenters. The number of pyridine rings is 1. The van der Waals surface area contributed by atoms with Crippen LogP contribution in [0.2, 0.25) is 5.15 Å². The van der Waals surface area contributed by atoms with Crippen molar-refractivity contribution < 1.29 is 17.6 Å². The molecule has 4 rings (SSSR count). The average Bonchev–Trinajstić information content (AvgIpc) is 3.28. The van der Waals surface area contributed by atoms with E-state index in [1.165, 1.54) is 13.0 Å². The number of fused-ring (bicyclic) bond motifs is 1. The van der Waals surface area contributed by atoms with Crippen LogP contribution in [0.1, 0.15) is 35.3 Å². The monoisotopic (exact) mass is 487 g/mol. The Balaban J connectivity index is 1.87. The smallest absolute Gasteiger partial charge is 0.455 e. The minimum absolute atomic E-state index is 0.00354. The van der Waals surface area contributed by atoms with Gasteiger partial charge in [0.05, 0.1) is 28.9 Å². The highest BCUT2D eigenvalue weighted by atomic mass is 35.5. The van der Waals surface area contributed by atoms with Gasteiger partial charge in [-0.25, -0.2) is 4.98 Å². The second-order valence-electron chi connectivity index (χ2n) is 7.77. The number of benzene rings is 1. The van der Waals surface area contributed by atoms with Crippen LogP contribution >= 0.6 is 11.6 Å². The first kappa shape index (κ1) is 23.3. The molecule has 1 unspecified atom stereocenters. The van der Waals surface area contributed by atoms with Crippen LogP contribution in [0.5, 0.6) is 0 Å². The third-order valence-corrected chi connectivity index (χ3v) is 5.51. The maximum atomic E-state index is 13.2. The van der Waals surface area contributed by atoms with Crippen LogP contribution < -0.4 is 10.7 Å². The van der Waals surface area contributed by atoms with E-state index < -0.39 is 12.3 Å². The number of aryl methyl sites for hydroxylation is 1. The third-order valence-electron chi connectivity index (χ3n) is 5.30. The predicted molar refractivity (Wildman–Crippen MR) is 120 cm³/mol. The summed E-state index contributed by atoms with van der Waals surface area (Å²) in [7, 11) is 0. The van der Waals surface area contributed by atoms with E-state index in [2.05, 4.69) is 15.4 Å². The van der Waals surface area contributed by atoms with Crippen molar-refractivity contribution in [3.05, 3.63) is 74.4 Å². The Labute approximate surface area is 196 Å². The number of hydrogen-bond donors (Lipinski definition) is 1. The molecule has 0 saturated heterocycles. The van der Waals surface area contributed by atoms with Gasteiger partial charge in [0.1, 0.15) is 22.6 Å². The molecule has 0 aliphatic heterocycles.